The van der Waals surface area contributed by atoms with Crippen LogP contribution in [0.2, 0.25) is 0 Å². The van der Waals surface area contributed by atoms with Crippen LogP contribution < -0.4 is 0 Å². The molecule has 1 unspecified atom stereocenters. The van der Waals surface area contributed by atoms with Crippen LogP contribution in [0.3, 0.4) is 0 Å². The van der Waals surface area contributed by atoms with E-state index in [1.165, 1.54) is 6.92 Å². The highest BCUT2D eigenvalue weighted by atomic mass is 16.6. The third kappa shape index (κ3) is 6.32. The molecule has 0 saturated carbocycles. The highest BCUT2D eigenvalue weighted by Crippen LogP contribution is 2.19. The first-order chi connectivity index (χ1) is 10.0. The smallest absolute Gasteiger partial charge is 0.411 e. The highest BCUT2D eigenvalue weighted by molar-refractivity contribution is 5.86. The molecular formula is C15H27NO6. The number of aliphatic carboxylic acids is 1. The number of carbonyl (C=O) groups is 3. The first-order valence-corrected chi connectivity index (χ1v) is 7.45. The Bertz CT molecular complexity index is 401. The fourth-order valence-electron chi connectivity index (χ4n) is 1.87. The molecule has 0 saturated heterocycles. The number of carboxylic acid groups (broad SMARTS) is 1. The van der Waals surface area contributed by atoms with E-state index in [1.54, 1.807) is 27.7 Å². The van der Waals surface area contributed by atoms with Crippen molar-refractivity contribution >= 4 is 18.0 Å². The van der Waals surface area contributed by atoms with E-state index in [4.69, 9.17) is 9.47 Å². The van der Waals surface area contributed by atoms with Crippen molar-refractivity contribution in [2.45, 2.75) is 72.1 Å². The van der Waals surface area contributed by atoms with Crippen LogP contribution in [0.5, 0.6) is 0 Å². The first kappa shape index (κ1) is 20.2. The van der Waals surface area contributed by atoms with Crippen molar-refractivity contribution in [3.8, 4) is 0 Å². The maximum atomic E-state index is 12.4. The second-order valence-corrected chi connectivity index (χ2v) is 5.96. The van der Waals surface area contributed by atoms with Gasteiger partial charge in [-0.1, -0.05) is 13.3 Å². The lowest BCUT2D eigenvalue weighted by Crippen LogP contribution is -2.54. The third-order valence-electron chi connectivity index (χ3n) is 2.84. The maximum absolute atomic E-state index is 12.4. The predicted octanol–water partition coefficient (Wildman–Crippen LogP) is 2.43. The van der Waals surface area contributed by atoms with E-state index in [-0.39, 0.29) is 6.61 Å². The number of carbonyl (C=O) groups excluding carboxylic acids is 2. The number of nitrogens with zero attached hydrogens (tertiary/aromatic N) is 1. The lowest BCUT2D eigenvalue weighted by atomic mass is 10.1. The van der Waals surface area contributed by atoms with Crippen LogP contribution in [0.1, 0.15) is 54.4 Å². The van der Waals surface area contributed by atoms with Gasteiger partial charge in [0.05, 0.1) is 6.61 Å². The molecule has 0 heterocycles. The number of ether oxygens (including phenoxy) is 2. The van der Waals surface area contributed by atoms with Gasteiger partial charge in [0, 0.05) is 0 Å². The number of amides is 1. The van der Waals surface area contributed by atoms with Crippen LogP contribution in [-0.2, 0) is 19.1 Å². The summed E-state index contributed by atoms with van der Waals surface area (Å²) >= 11 is 0. The number of hydrogen-bond donors (Lipinski definition) is 1. The van der Waals surface area contributed by atoms with E-state index >= 15 is 0 Å². The minimum atomic E-state index is -1.21. The average molecular weight is 317 g/mol. The molecule has 7 nitrogen and oxygen atoms in total. The molecule has 0 aliphatic carbocycles. The fraction of sp³-hybridized carbons (Fsp3) is 0.800. The van der Waals surface area contributed by atoms with Crippen molar-refractivity contribution in [1.29, 1.82) is 0 Å². The minimum Gasteiger partial charge on any atom is -0.480 e. The molecule has 0 rings (SSSR count). The second kappa shape index (κ2) is 8.60. The van der Waals surface area contributed by atoms with Crippen molar-refractivity contribution in [2.24, 2.45) is 0 Å². The summed E-state index contributed by atoms with van der Waals surface area (Å²) in [6.45, 7) is 10.0. The Morgan fingerprint density at radius 1 is 1.18 bits per heavy atom. The molecule has 0 aliphatic heterocycles. The largest absolute Gasteiger partial charge is 0.480 e. The van der Waals surface area contributed by atoms with Crippen molar-refractivity contribution < 1.29 is 29.0 Å². The number of carboxylic acids is 1. The van der Waals surface area contributed by atoms with Gasteiger partial charge in [-0.2, -0.15) is 0 Å². The molecule has 0 spiro atoms. The van der Waals surface area contributed by atoms with Crippen LogP contribution >= 0.6 is 0 Å². The van der Waals surface area contributed by atoms with Gasteiger partial charge in [0.25, 0.3) is 0 Å². The van der Waals surface area contributed by atoms with Gasteiger partial charge in [-0.25, -0.2) is 14.4 Å². The van der Waals surface area contributed by atoms with Crippen molar-refractivity contribution in [3.05, 3.63) is 0 Å². The Balaban J connectivity index is 5.54. The van der Waals surface area contributed by atoms with Crippen LogP contribution in [0, 0.1) is 0 Å². The predicted molar refractivity (Wildman–Crippen MR) is 80.5 cm³/mol. The Morgan fingerprint density at radius 3 is 2.09 bits per heavy atom. The molecule has 0 radical (unpaired) electrons. The van der Waals surface area contributed by atoms with Crippen LogP contribution in [0.15, 0.2) is 0 Å². The van der Waals surface area contributed by atoms with Crippen molar-refractivity contribution in [3.63, 3.8) is 0 Å². The molecule has 7 heteroatoms. The molecule has 1 amide bonds. The third-order valence-corrected chi connectivity index (χ3v) is 2.84. The Morgan fingerprint density at radius 2 is 1.73 bits per heavy atom. The van der Waals surface area contributed by atoms with E-state index in [2.05, 4.69) is 0 Å². The summed E-state index contributed by atoms with van der Waals surface area (Å²) in [5.74, 6) is -1.83. The lowest BCUT2D eigenvalue weighted by Gasteiger charge is -2.34. The minimum absolute atomic E-state index is 0.155. The molecule has 1 N–H and O–H groups in total. The van der Waals surface area contributed by atoms with Crippen molar-refractivity contribution in [1.82, 2.24) is 4.90 Å². The normalized spacial score (nSPS) is 13.9. The van der Waals surface area contributed by atoms with E-state index in [9.17, 15) is 19.5 Å². The lowest BCUT2D eigenvalue weighted by molar-refractivity contribution is -0.154. The summed E-state index contributed by atoms with van der Waals surface area (Å²) in [5, 5.41) is 9.23. The highest BCUT2D eigenvalue weighted by Gasteiger charge is 2.39. The van der Waals surface area contributed by atoms with E-state index in [0.29, 0.717) is 12.8 Å². The molecule has 0 aromatic heterocycles. The van der Waals surface area contributed by atoms with Gasteiger partial charge < -0.3 is 14.6 Å². The molecule has 0 aromatic carbocycles. The van der Waals surface area contributed by atoms with Gasteiger partial charge in [-0.15, -0.1) is 0 Å². The van der Waals surface area contributed by atoms with Gasteiger partial charge in [0.2, 0.25) is 0 Å². The number of esters is 1. The van der Waals surface area contributed by atoms with Crippen LogP contribution in [-0.4, -0.2) is 52.3 Å². The quantitative estimate of drug-likeness (QED) is 0.725. The van der Waals surface area contributed by atoms with Gasteiger partial charge >= 0.3 is 18.0 Å². The van der Waals surface area contributed by atoms with E-state index < -0.39 is 35.7 Å². The molecule has 0 aliphatic rings. The zero-order valence-electron chi connectivity index (χ0n) is 14.2. The van der Waals surface area contributed by atoms with Gasteiger partial charge in [-0.3, -0.25) is 4.90 Å². The maximum Gasteiger partial charge on any atom is 0.411 e. The summed E-state index contributed by atoms with van der Waals surface area (Å²) in [5.41, 5.74) is -0.793. The molecule has 0 fully saturated rings. The number of rotatable bonds is 7. The monoisotopic (exact) mass is 317 g/mol. The molecule has 0 bridgehead atoms. The fourth-order valence-corrected chi connectivity index (χ4v) is 1.87. The molecule has 22 heavy (non-hydrogen) atoms. The molecular weight excluding hydrogens is 290 g/mol. The van der Waals surface area contributed by atoms with Gasteiger partial charge in [0.15, 0.2) is 0 Å². The van der Waals surface area contributed by atoms with E-state index in [1.807, 2.05) is 6.92 Å². The summed E-state index contributed by atoms with van der Waals surface area (Å²) in [7, 11) is 0. The topological polar surface area (TPSA) is 93.1 Å². The standard InChI is InChI=1S/C15H27NO6/c1-7-9-11(13(19)21-8-2)16(10(3)12(17)18)14(20)22-15(4,5)6/h10-11H,7-9H2,1-6H3,(H,17,18)/t10?,11-/m0/s1. The summed E-state index contributed by atoms with van der Waals surface area (Å²) in [6, 6.07) is -2.18. The zero-order valence-corrected chi connectivity index (χ0v) is 14.2. The Labute approximate surface area is 131 Å². The van der Waals surface area contributed by atoms with Gasteiger partial charge in [-0.05, 0) is 41.0 Å². The molecule has 0 aromatic rings. The van der Waals surface area contributed by atoms with Gasteiger partial charge in [0.1, 0.15) is 17.7 Å². The summed E-state index contributed by atoms with van der Waals surface area (Å²) in [6.07, 6.45) is 0.0547. The Kier molecular flexibility index (Phi) is 7.90. The first-order valence-electron chi connectivity index (χ1n) is 7.45. The van der Waals surface area contributed by atoms with Crippen LogP contribution in [0.25, 0.3) is 0 Å². The average Bonchev–Trinajstić information content (AvgIpc) is 2.35. The van der Waals surface area contributed by atoms with E-state index in [0.717, 1.165) is 4.90 Å². The Hall–Kier alpha value is -1.79. The summed E-state index contributed by atoms with van der Waals surface area (Å²) in [4.78, 5) is 36.7. The molecule has 2 atom stereocenters. The second-order valence-electron chi connectivity index (χ2n) is 5.96. The van der Waals surface area contributed by atoms with Crippen LogP contribution in [0.4, 0.5) is 4.79 Å². The SMILES string of the molecule is CCC[C@@H](C(=O)OCC)N(C(=O)OC(C)(C)C)C(C)C(=O)O. The zero-order chi connectivity index (χ0) is 17.5. The summed E-state index contributed by atoms with van der Waals surface area (Å²) < 4.78 is 10.2. The number of hydrogen-bond acceptors (Lipinski definition) is 5. The molecule has 128 valence electrons. The van der Waals surface area contributed by atoms with Crippen molar-refractivity contribution in [2.75, 3.05) is 6.61 Å².